The molecule has 14 heteroatoms. The van der Waals surface area contributed by atoms with Crippen molar-refractivity contribution in [1.29, 1.82) is 0 Å². The molecule has 4 N–H and O–H groups in total. The van der Waals surface area contributed by atoms with Gasteiger partial charge in [0.1, 0.15) is 17.7 Å². The molecule has 0 bridgehead atoms. The van der Waals surface area contributed by atoms with Crippen LogP contribution in [0.2, 0.25) is 0 Å². The molecule has 4 rings (SSSR count). The molecule has 2 aliphatic heterocycles. The van der Waals surface area contributed by atoms with Crippen LogP contribution in [0.5, 0.6) is 0 Å². The van der Waals surface area contributed by atoms with Gasteiger partial charge in [-0.1, -0.05) is 45.0 Å². The molecule has 2 aliphatic rings. The van der Waals surface area contributed by atoms with Gasteiger partial charge in [-0.25, -0.2) is 10.2 Å². The number of morpholine rings is 1. The van der Waals surface area contributed by atoms with Crippen molar-refractivity contribution >= 4 is 47.1 Å². The summed E-state index contributed by atoms with van der Waals surface area (Å²) in [6.07, 6.45) is 4.27. The first-order valence-corrected chi connectivity index (χ1v) is 17.4. The Morgan fingerprint density at radius 3 is 2.45 bits per heavy atom. The van der Waals surface area contributed by atoms with E-state index in [0.717, 1.165) is 28.6 Å². The highest BCUT2D eigenvalue weighted by Gasteiger charge is 2.45. The number of nitrogens with one attached hydrogen (secondary N) is 2. The Morgan fingerprint density at radius 2 is 1.86 bits per heavy atom. The molecule has 0 spiro atoms. The van der Waals surface area contributed by atoms with Gasteiger partial charge in [0, 0.05) is 30.7 Å². The fourth-order valence-electron chi connectivity index (χ4n) is 5.50. The van der Waals surface area contributed by atoms with Gasteiger partial charge in [0.2, 0.25) is 5.91 Å². The van der Waals surface area contributed by atoms with E-state index in [0.29, 0.717) is 39.0 Å². The third-order valence-electron chi connectivity index (χ3n) is 8.39. The third kappa shape index (κ3) is 11.8. The lowest BCUT2D eigenvalue weighted by Gasteiger charge is -2.38. The van der Waals surface area contributed by atoms with Gasteiger partial charge in [0.15, 0.2) is 11.7 Å². The number of carbonyl (C=O) groups is 5. The summed E-state index contributed by atoms with van der Waals surface area (Å²) in [5.74, 6) is -2.66. The van der Waals surface area contributed by atoms with Crippen LogP contribution < -0.4 is 16.5 Å². The summed E-state index contributed by atoms with van der Waals surface area (Å²) in [4.78, 5) is 68.1. The van der Waals surface area contributed by atoms with Gasteiger partial charge < -0.3 is 30.2 Å². The number of likely N-dealkylation sites (N-methyl/N-ethyl adjacent to an activating group) is 1. The number of ether oxygens (including phenoxy) is 3. The van der Waals surface area contributed by atoms with Crippen LogP contribution in [0.4, 0.5) is 0 Å². The summed E-state index contributed by atoms with van der Waals surface area (Å²) in [6.45, 7) is 14.6. The van der Waals surface area contributed by atoms with E-state index in [9.17, 15) is 24.0 Å². The second-order valence-electron chi connectivity index (χ2n) is 14.3. The number of carbonyl (C=O) groups excluding carboxylic acids is 5. The molecule has 280 valence electrons. The van der Waals surface area contributed by atoms with Crippen molar-refractivity contribution < 1.29 is 38.2 Å². The van der Waals surface area contributed by atoms with Crippen molar-refractivity contribution in [3.63, 3.8) is 0 Å². The highest BCUT2D eigenvalue weighted by molar-refractivity contribution is 5.92. The molecular weight excluding hydrogens is 656 g/mol. The fraction of sp³-hybridized carbons (Fsp3) is 0.568. The highest BCUT2D eigenvalue weighted by atomic mass is 16.6. The van der Waals surface area contributed by atoms with Crippen molar-refractivity contribution in [3.05, 3.63) is 47.7 Å². The van der Waals surface area contributed by atoms with E-state index in [4.69, 9.17) is 20.2 Å². The minimum absolute atomic E-state index is 0.233. The topological polar surface area (TPSA) is 182 Å². The first kappa shape index (κ1) is 41.0. The number of hydrazine groups is 1. The Kier molecular flexibility index (Phi) is 14.6. The van der Waals surface area contributed by atoms with Crippen molar-refractivity contribution in [2.75, 3.05) is 33.3 Å². The summed E-state index contributed by atoms with van der Waals surface area (Å²) < 4.78 is 16.5. The standard InChI is InChI=1S/C32H44N6O6.C5H10O2/c1-6-24-12-11-23-10-9-22(18-26(23)35-24)13-14-32(19-37(5)16-17-43-32)31(42)44-27(20(2)3)29(40)34-21(4)30(41)38-15-7-8-25(36-38)28(33)39;1-5(2,3)7-4-6/h9-14,18,20-21,25,27,36H,6-8,15-17,19H2,1-5H3,(H2,33,39)(H,34,40);4H,1-3H3/b14-13+;. The molecule has 3 amide bonds. The summed E-state index contributed by atoms with van der Waals surface area (Å²) in [5.41, 5.74) is 9.15. The minimum atomic E-state index is -1.45. The first-order chi connectivity index (χ1) is 24.0. The number of hydrogen-bond donors (Lipinski definition) is 3. The molecule has 14 nitrogen and oxygen atoms in total. The number of amides is 3. The summed E-state index contributed by atoms with van der Waals surface area (Å²) >= 11 is 0. The number of aromatic nitrogens is 1. The SMILES string of the molecule is CC(C)(C)OC=O.CCc1ccc2ccc(/C=C/C3(C(=O)OC(C(=O)NC(C)C(=O)N4CCCC(C(N)=O)N4)C(C)C)CN(C)CCO3)cc2n1. The van der Waals surface area contributed by atoms with E-state index in [1.54, 1.807) is 26.8 Å². The van der Waals surface area contributed by atoms with E-state index in [1.165, 1.54) is 5.01 Å². The van der Waals surface area contributed by atoms with Crippen LogP contribution in [0, 0.1) is 5.92 Å². The van der Waals surface area contributed by atoms with Gasteiger partial charge in [-0.15, -0.1) is 0 Å². The zero-order chi connectivity index (χ0) is 37.9. The number of esters is 1. The van der Waals surface area contributed by atoms with Crippen molar-refractivity contribution in [1.82, 2.24) is 25.6 Å². The summed E-state index contributed by atoms with van der Waals surface area (Å²) in [7, 11) is 1.89. The molecule has 0 saturated carbocycles. The van der Waals surface area contributed by atoms with Crippen molar-refractivity contribution in [2.45, 2.75) is 97.1 Å². The fourth-order valence-corrected chi connectivity index (χ4v) is 5.50. The van der Waals surface area contributed by atoms with E-state index in [-0.39, 0.29) is 12.1 Å². The van der Waals surface area contributed by atoms with Gasteiger partial charge in [0.05, 0.1) is 12.1 Å². The molecular formula is C37H54N6O8. The lowest BCUT2D eigenvalue weighted by Crippen LogP contribution is -2.61. The maximum absolute atomic E-state index is 13.8. The number of pyridine rings is 1. The van der Waals surface area contributed by atoms with Crippen molar-refractivity contribution in [2.24, 2.45) is 11.7 Å². The lowest BCUT2D eigenvalue weighted by molar-refractivity contribution is -0.184. The van der Waals surface area contributed by atoms with Crippen molar-refractivity contribution in [3.8, 4) is 0 Å². The normalized spacial score (nSPS) is 21.0. The molecule has 0 radical (unpaired) electrons. The maximum atomic E-state index is 13.8. The average molecular weight is 711 g/mol. The number of hydrogen-bond acceptors (Lipinski definition) is 11. The Morgan fingerprint density at radius 1 is 1.16 bits per heavy atom. The molecule has 2 fully saturated rings. The molecule has 3 heterocycles. The number of nitrogens with two attached hydrogens (primary N) is 1. The third-order valence-corrected chi connectivity index (χ3v) is 8.39. The molecule has 4 atom stereocenters. The van der Waals surface area contributed by atoms with Gasteiger partial charge in [-0.3, -0.25) is 29.2 Å². The van der Waals surface area contributed by atoms with E-state index in [1.807, 2.05) is 69.1 Å². The van der Waals surface area contributed by atoms with E-state index >= 15 is 0 Å². The Labute approximate surface area is 300 Å². The summed E-state index contributed by atoms with van der Waals surface area (Å²) in [6, 6.07) is 8.34. The van der Waals surface area contributed by atoms with Gasteiger partial charge in [0.25, 0.3) is 18.3 Å². The quantitative estimate of drug-likeness (QED) is 0.230. The number of fused-ring (bicyclic) bond motifs is 1. The van der Waals surface area contributed by atoms with Gasteiger partial charge in [-0.2, -0.15) is 0 Å². The van der Waals surface area contributed by atoms with Crippen LogP contribution in [0.1, 0.15) is 72.6 Å². The highest BCUT2D eigenvalue weighted by Crippen LogP contribution is 2.26. The maximum Gasteiger partial charge on any atom is 0.344 e. The number of nitrogens with zero attached hydrogens (tertiary/aromatic N) is 3. The minimum Gasteiger partial charge on any atom is -0.462 e. The lowest BCUT2D eigenvalue weighted by atomic mass is 9.98. The zero-order valence-electron chi connectivity index (χ0n) is 31.1. The Balaban J connectivity index is 0.000000908. The number of aryl methyl sites for hydroxylation is 1. The molecule has 51 heavy (non-hydrogen) atoms. The van der Waals surface area contributed by atoms with E-state index in [2.05, 4.69) is 22.4 Å². The Bertz CT molecular complexity index is 1570. The largest absolute Gasteiger partial charge is 0.462 e. The van der Waals surface area contributed by atoms with Crippen LogP contribution in [0.3, 0.4) is 0 Å². The Hall–Kier alpha value is -4.40. The van der Waals surface area contributed by atoms with Crippen LogP contribution in [0.15, 0.2) is 36.4 Å². The van der Waals surface area contributed by atoms with Gasteiger partial charge in [-0.05, 0) is 83.7 Å². The predicted octanol–water partition coefficient (Wildman–Crippen LogP) is 2.52. The molecule has 2 aromatic rings. The van der Waals surface area contributed by atoms with Crippen LogP contribution in [-0.4, -0.2) is 108 Å². The van der Waals surface area contributed by atoms with Crippen LogP contribution in [0.25, 0.3) is 17.0 Å². The molecule has 1 aromatic carbocycles. The second kappa shape index (κ2) is 18.2. The second-order valence-corrected chi connectivity index (χ2v) is 14.3. The molecule has 0 aliphatic carbocycles. The monoisotopic (exact) mass is 710 g/mol. The first-order valence-electron chi connectivity index (χ1n) is 17.4. The van der Waals surface area contributed by atoms with Gasteiger partial charge >= 0.3 is 5.97 Å². The zero-order valence-corrected chi connectivity index (χ0v) is 31.1. The molecule has 2 saturated heterocycles. The molecule has 4 unspecified atom stereocenters. The van der Waals surface area contributed by atoms with E-state index < -0.39 is 53.4 Å². The number of primary amides is 1. The number of benzene rings is 1. The summed E-state index contributed by atoms with van der Waals surface area (Å²) in [5, 5.41) is 5.00. The predicted molar refractivity (Wildman–Crippen MR) is 193 cm³/mol. The van der Waals surface area contributed by atoms with Crippen LogP contribution >= 0.6 is 0 Å². The average Bonchev–Trinajstić information content (AvgIpc) is 3.08. The van der Waals surface area contributed by atoms with Crippen LogP contribution in [-0.2, 0) is 44.6 Å². The molecule has 1 aromatic heterocycles. The number of rotatable bonds is 11. The smallest absolute Gasteiger partial charge is 0.344 e.